The van der Waals surface area contributed by atoms with Crippen LogP contribution < -0.4 is 16.4 Å². The van der Waals surface area contributed by atoms with Crippen LogP contribution in [0.25, 0.3) is 0 Å². The summed E-state index contributed by atoms with van der Waals surface area (Å²) in [5.74, 6) is 0.323. The highest BCUT2D eigenvalue weighted by molar-refractivity contribution is 5.79. The SMILES string of the molecule is NC(=O)Cc1cnc(Nc2ccccc2)cc1NCc1ccccc1. The largest absolute Gasteiger partial charge is 0.381 e. The molecule has 0 aliphatic heterocycles. The van der Waals surface area contributed by atoms with E-state index < -0.39 is 0 Å². The van der Waals surface area contributed by atoms with Gasteiger partial charge in [-0.05, 0) is 17.7 Å². The van der Waals surface area contributed by atoms with Crippen molar-refractivity contribution in [2.45, 2.75) is 13.0 Å². The molecule has 1 heterocycles. The van der Waals surface area contributed by atoms with Crippen molar-refractivity contribution in [3.05, 3.63) is 84.1 Å². The molecule has 0 bridgehead atoms. The standard InChI is InChI=1S/C20H20N4O/c21-19(25)11-16-14-23-20(24-17-9-5-2-6-10-17)12-18(16)22-13-15-7-3-1-4-8-15/h1-10,12,14H,11,13H2,(H2,21,25)(H2,22,23,24). The maximum atomic E-state index is 11.3. The Balaban J connectivity index is 1.81. The fraction of sp³-hybridized carbons (Fsp3) is 0.100. The van der Waals surface area contributed by atoms with E-state index in [2.05, 4.69) is 15.6 Å². The average Bonchev–Trinajstić information content (AvgIpc) is 2.63. The minimum Gasteiger partial charge on any atom is -0.381 e. The Bertz CT molecular complexity index is 835. The summed E-state index contributed by atoms with van der Waals surface area (Å²) in [4.78, 5) is 15.7. The highest BCUT2D eigenvalue weighted by atomic mass is 16.1. The van der Waals surface area contributed by atoms with E-state index in [4.69, 9.17) is 5.73 Å². The number of para-hydroxylation sites is 1. The molecular formula is C20H20N4O. The molecular weight excluding hydrogens is 312 g/mol. The van der Waals surface area contributed by atoms with E-state index in [-0.39, 0.29) is 12.3 Å². The first-order valence-corrected chi connectivity index (χ1v) is 8.08. The lowest BCUT2D eigenvalue weighted by Gasteiger charge is -2.14. The Labute approximate surface area is 146 Å². The molecule has 4 N–H and O–H groups in total. The molecule has 1 amide bonds. The molecule has 0 spiro atoms. The van der Waals surface area contributed by atoms with Crippen LogP contribution in [0.4, 0.5) is 17.2 Å². The zero-order valence-electron chi connectivity index (χ0n) is 13.8. The lowest BCUT2D eigenvalue weighted by Crippen LogP contribution is -2.15. The predicted octanol–water partition coefficient (Wildman–Crippen LogP) is 3.47. The number of primary amides is 1. The molecule has 3 rings (SSSR count). The number of benzene rings is 2. The minimum absolute atomic E-state index is 0.149. The number of pyridine rings is 1. The zero-order chi connectivity index (χ0) is 17.5. The van der Waals surface area contributed by atoms with Gasteiger partial charge in [-0.25, -0.2) is 4.98 Å². The van der Waals surface area contributed by atoms with Crippen LogP contribution in [0.3, 0.4) is 0 Å². The smallest absolute Gasteiger partial charge is 0.221 e. The molecule has 0 saturated heterocycles. The number of amides is 1. The molecule has 126 valence electrons. The number of hydrogen-bond donors (Lipinski definition) is 3. The number of carbonyl (C=O) groups is 1. The third kappa shape index (κ3) is 4.81. The summed E-state index contributed by atoms with van der Waals surface area (Å²) < 4.78 is 0. The van der Waals surface area contributed by atoms with Crippen molar-refractivity contribution in [3.63, 3.8) is 0 Å². The number of rotatable bonds is 7. The number of carbonyl (C=O) groups excluding carboxylic acids is 1. The fourth-order valence-corrected chi connectivity index (χ4v) is 2.51. The van der Waals surface area contributed by atoms with Gasteiger partial charge >= 0.3 is 0 Å². The first kappa shape index (κ1) is 16.5. The number of nitrogens with two attached hydrogens (primary N) is 1. The summed E-state index contributed by atoms with van der Waals surface area (Å²) in [6.45, 7) is 0.654. The Hall–Kier alpha value is -3.34. The highest BCUT2D eigenvalue weighted by Crippen LogP contribution is 2.22. The number of nitrogens with zero attached hydrogens (tertiary/aromatic N) is 1. The molecule has 3 aromatic rings. The van der Waals surface area contributed by atoms with E-state index in [0.29, 0.717) is 12.4 Å². The van der Waals surface area contributed by atoms with Crippen LogP contribution in [-0.2, 0) is 17.8 Å². The summed E-state index contributed by atoms with van der Waals surface area (Å²) in [7, 11) is 0. The van der Waals surface area contributed by atoms with Crippen molar-refractivity contribution in [2.24, 2.45) is 5.73 Å². The van der Waals surface area contributed by atoms with Crippen molar-refractivity contribution >= 4 is 23.1 Å². The Morgan fingerprint density at radius 3 is 2.36 bits per heavy atom. The predicted molar refractivity (Wildman–Crippen MR) is 101 cm³/mol. The van der Waals surface area contributed by atoms with Gasteiger partial charge < -0.3 is 16.4 Å². The summed E-state index contributed by atoms with van der Waals surface area (Å²) in [6, 6.07) is 21.8. The van der Waals surface area contributed by atoms with Crippen molar-refractivity contribution in [3.8, 4) is 0 Å². The molecule has 0 aliphatic rings. The molecule has 2 aromatic carbocycles. The van der Waals surface area contributed by atoms with Gasteiger partial charge in [0.1, 0.15) is 5.82 Å². The fourth-order valence-electron chi connectivity index (χ4n) is 2.51. The van der Waals surface area contributed by atoms with E-state index in [1.54, 1.807) is 6.20 Å². The first-order valence-electron chi connectivity index (χ1n) is 8.08. The molecule has 0 atom stereocenters. The number of aromatic nitrogens is 1. The van der Waals surface area contributed by atoms with Gasteiger partial charge in [0, 0.05) is 35.7 Å². The van der Waals surface area contributed by atoms with Gasteiger partial charge in [0.2, 0.25) is 5.91 Å². The average molecular weight is 332 g/mol. The second kappa shape index (κ2) is 7.97. The number of hydrogen-bond acceptors (Lipinski definition) is 4. The topological polar surface area (TPSA) is 80.0 Å². The van der Waals surface area contributed by atoms with Crippen molar-refractivity contribution in [2.75, 3.05) is 10.6 Å². The van der Waals surface area contributed by atoms with Crippen LogP contribution in [0.2, 0.25) is 0 Å². The van der Waals surface area contributed by atoms with Crippen molar-refractivity contribution < 1.29 is 4.79 Å². The quantitative estimate of drug-likeness (QED) is 0.619. The molecule has 1 aromatic heterocycles. The summed E-state index contributed by atoms with van der Waals surface area (Å²) in [5, 5.41) is 6.63. The van der Waals surface area contributed by atoms with Crippen LogP contribution in [0, 0.1) is 0 Å². The van der Waals surface area contributed by atoms with Crippen molar-refractivity contribution in [1.82, 2.24) is 4.98 Å². The normalized spacial score (nSPS) is 10.2. The van der Waals surface area contributed by atoms with Gasteiger partial charge in [-0.1, -0.05) is 48.5 Å². The number of nitrogens with one attached hydrogen (secondary N) is 2. The lowest BCUT2D eigenvalue weighted by molar-refractivity contribution is -0.117. The van der Waals surface area contributed by atoms with Crippen LogP contribution in [-0.4, -0.2) is 10.9 Å². The first-order chi connectivity index (χ1) is 12.2. The molecule has 0 radical (unpaired) electrons. The summed E-state index contributed by atoms with van der Waals surface area (Å²) in [5.41, 5.74) is 9.08. The van der Waals surface area contributed by atoms with E-state index in [1.165, 1.54) is 0 Å². The molecule has 0 saturated carbocycles. The Morgan fingerprint density at radius 2 is 1.68 bits per heavy atom. The van der Waals surface area contributed by atoms with Crippen LogP contribution in [0.5, 0.6) is 0 Å². The second-order valence-electron chi connectivity index (χ2n) is 5.70. The van der Waals surface area contributed by atoms with Crippen LogP contribution in [0.15, 0.2) is 72.9 Å². The van der Waals surface area contributed by atoms with E-state index >= 15 is 0 Å². The minimum atomic E-state index is -0.381. The van der Waals surface area contributed by atoms with Gasteiger partial charge in [0.05, 0.1) is 6.42 Å². The van der Waals surface area contributed by atoms with Crippen molar-refractivity contribution in [1.29, 1.82) is 0 Å². The maximum Gasteiger partial charge on any atom is 0.221 e. The second-order valence-corrected chi connectivity index (χ2v) is 5.70. The highest BCUT2D eigenvalue weighted by Gasteiger charge is 2.08. The monoisotopic (exact) mass is 332 g/mol. The maximum absolute atomic E-state index is 11.3. The zero-order valence-corrected chi connectivity index (χ0v) is 13.8. The Kier molecular flexibility index (Phi) is 5.26. The van der Waals surface area contributed by atoms with Gasteiger partial charge in [0.25, 0.3) is 0 Å². The van der Waals surface area contributed by atoms with E-state index in [1.807, 2.05) is 66.7 Å². The van der Waals surface area contributed by atoms with Gasteiger partial charge in [0.15, 0.2) is 0 Å². The van der Waals surface area contributed by atoms with Gasteiger partial charge in [-0.2, -0.15) is 0 Å². The Morgan fingerprint density at radius 1 is 1.00 bits per heavy atom. The van der Waals surface area contributed by atoms with Gasteiger partial charge in [-0.3, -0.25) is 4.79 Å². The van der Waals surface area contributed by atoms with Crippen LogP contribution >= 0.6 is 0 Å². The molecule has 5 nitrogen and oxygen atoms in total. The van der Waals surface area contributed by atoms with Crippen LogP contribution in [0.1, 0.15) is 11.1 Å². The summed E-state index contributed by atoms with van der Waals surface area (Å²) in [6.07, 6.45) is 1.83. The summed E-state index contributed by atoms with van der Waals surface area (Å²) >= 11 is 0. The third-order valence-corrected chi connectivity index (χ3v) is 3.72. The van der Waals surface area contributed by atoms with Gasteiger partial charge in [-0.15, -0.1) is 0 Å². The molecule has 0 aliphatic carbocycles. The molecule has 5 heteroatoms. The molecule has 0 unspecified atom stereocenters. The van der Waals surface area contributed by atoms with E-state index in [9.17, 15) is 4.79 Å². The number of anilines is 3. The molecule has 0 fully saturated rings. The van der Waals surface area contributed by atoms with E-state index in [0.717, 1.165) is 22.5 Å². The third-order valence-electron chi connectivity index (χ3n) is 3.72. The molecule has 25 heavy (non-hydrogen) atoms. The lowest BCUT2D eigenvalue weighted by atomic mass is 10.1.